The van der Waals surface area contributed by atoms with E-state index in [1.54, 1.807) is 11.8 Å². The van der Waals surface area contributed by atoms with Gasteiger partial charge in [-0.25, -0.2) is 0 Å². The predicted molar refractivity (Wildman–Crippen MR) is 68.9 cm³/mol. The second-order valence-electron chi connectivity index (χ2n) is 5.96. The van der Waals surface area contributed by atoms with Crippen LogP contribution in [0.1, 0.15) is 40.5 Å². The monoisotopic (exact) mass is 256 g/mol. The molecule has 0 aromatic heterocycles. The van der Waals surface area contributed by atoms with Gasteiger partial charge in [-0.15, -0.1) is 0 Å². The Labute approximate surface area is 109 Å². The summed E-state index contributed by atoms with van der Waals surface area (Å²) in [5.41, 5.74) is -0.504. The Morgan fingerprint density at radius 1 is 1.44 bits per heavy atom. The second-order valence-corrected chi connectivity index (χ2v) is 5.96. The first-order valence-electron chi connectivity index (χ1n) is 6.49. The Kier molecular flexibility index (Phi) is 4.73. The molecular weight excluding hydrogens is 232 g/mol. The lowest BCUT2D eigenvalue weighted by molar-refractivity contribution is -0.139. The first kappa shape index (κ1) is 15.0. The predicted octanol–water partition coefficient (Wildman–Crippen LogP) is 0.520. The van der Waals surface area contributed by atoms with E-state index in [0.29, 0.717) is 6.54 Å². The van der Waals surface area contributed by atoms with Gasteiger partial charge >= 0.3 is 0 Å². The minimum Gasteiger partial charge on any atom is -0.394 e. The zero-order valence-corrected chi connectivity index (χ0v) is 11.7. The normalized spacial score (nSPS) is 21.8. The van der Waals surface area contributed by atoms with E-state index in [2.05, 4.69) is 5.32 Å². The SMILES string of the molecule is CC(NC(=O)C(C)(C)C)C(=O)N1CCC[C@@H]1CO. The average molecular weight is 256 g/mol. The van der Waals surface area contributed by atoms with Crippen LogP contribution in [0.15, 0.2) is 0 Å². The molecule has 1 fully saturated rings. The third-order valence-electron chi connectivity index (χ3n) is 3.27. The molecule has 0 aromatic rings. The van der Waals surface area contributed by atoms with E-state index in [4.69, 9.17) is 0 Å². The summed E-state index contributed by atoms with van der Waals surface area (Å²) >= 11 is 0. The quantitative estimate of drug-likeness (QED) is 0.773. The summed E-state index contributed by atoms with van der Waals surface area (Å²) in [6.07, 6.45) is 1.75. The summed E-state index contributed by atoms with van der Waals surface area (Å²) in [7, 11) is 0. The number of nitrogens with zero attached hydrogens (tertiary/aromatic N) is 1. The molecule has 0 saturated carbocycles. The van der Waals surface area contributed by atoms with E-state index in [1.807, 2.05) is 20.8 Å². The number of aliphatic hydroxyl groups is 1. The van der Waals surface area contributed by atoms with E-state index >= 15 is 0 Å². The van der Waals surface area contributed by atoms with Crippen LogP contribution in [0.25, 0.3) is 0 Å². The Morgan fingerprint density at radius 3 is 2.56 bits per heavy atom. The maximum Gasteiger partial charge on any atom is 0.245 e. The summed E-state index contributed by atoms with van der Waals surface area (Å²) in [5, 5.41) is 11.9. The molecule has 104 valence electrons. The highest BCUT2D eigenvalue weighted by Gasteiger charge is 2.32. The van der Waals surface area contributed by atoms with Gasteiger partial charge in [0.1, 0.15) is 6.04 Å². The fourth-order valence-electron chi connectivity index (χ4n) is 2.04. The molecule has 1 rings (SSSR count). The van der Waals surface area contributed by atoms with E-state index in [1.165, 1.54) is 0 Å². The molecule has 2 N–H and O–H groups in total. The van der Waals surface area contributed by atoms with E-state index in [-0.39, 0.29) is 24.5 Å². The molecule has 0 bridgehead atoms. The number of hydrogen-bond donors (Lipinski definition) is 2. The molecule has 0 aromatic carbocycles. The molecule has 0 spiro atoms. The largest absolute Gasteiger partial charge is 0.394 e. The van der Waals surface area contributed by atoms with Crippen molar-refractivity contribution in [2.75, 3.05) is 13.2 Å². The molecule has 1 saturated heterocycles. The highest BCUT2D eigenvalue weighted by atomic mass is 16.3. The van der Waals surface area contributed by atoms with E-state index in [0.717, 1.165) is 12.8 Å². The molecule has 1 aliphatic rings. The van der Waals surface area contributed by atoms with Gasteiger partial charge in [-0.2, -0.15) is 0 Å². The summed E-state index contributed by atoms with van der Waals surface area (Å²) in [4.78, 5) is 25.7. The fraction of sp³-hybridized carbons (Fsp3) is 0.846. The number of nitrogens with one attached hydrogen (secondary N) is 1. The molecule has 2 amide bonds. The molecule has 2 atom stereocenters. The standard InChI is InChI=1S/C13H24N2O3/c1-9(14-12(18)13(2,3)4)11(17)15-7-5-6-10(15)8-16/h9-10,16H,5-8H2,1-4H3,(H,14,18)/t9?,10-/m1/s1. The molecule has 1 aliphatic heterocycles. The molecular formula is C13H24N2O3. The van der Waals surface area contributed by atoms with Crippen molar-refractivity contribution in [2.45, 2.75) is 52.6 Å². The summed E-state index contributed by atoms with van der Waals surface area (Å²) in [6.45, 7) is 7.79. The van der Waals surface area contributed by atoms with Crippen molar-refractivity contribution < 1.29 is 14.7 Å². The average Bonchev–Trinajstić information content (AvgIpc) is 2.74. The van der Waals surface area contributed by atoms with Crippen molar-refractivity contribution in [3.8, 4) is 0 Å². The maximum atomic E-state index is 12.2. The zero-order chi connectivity index (χ0) is 13.9. The second kappa shape index (κ2) is 5.69. The van der Waals surface area contributed by atoms with Crippen molar-refractivity contribution in [1.82, 2.24) is 10.2 Å². The lowest BCUT2D eigenvalue weighted by Gasteiger charge is -2.28. The lowest BCUT2D eigenvalue weighted by Crippen LogP contribution is -2.51. The Morgan fingerprint density at radius 2 is 2.06 bits per heavy atom. The number of carbonyl (C=O) groups excluding carboxylic acids is 2. The number of rotatable bonds is 3. The van der Waals surface area contributed by atoms with Crippen molar-refractivity contribution in [3.63, 3.8) is 0 Å². The Bertz CT molecular complexity index is 323. The van der Waals surface area contributed by atoms with Gasteiger partial charge in [0.15, 0.2) is 0 Å². The van der Waals surface area contributed by atoms with Crippen LogP contribution in [0, 0.1) is 5.41 Å². The summed E-state index contributed by atoms with van der Waals surface area (Å²) in [5.74, 6) is -0.243. The highest BCUT2D eigenvalue weighted by molar-refractivity contribution is 5.89. The highest BCUT2D eigenvalue weighted by Crippen LogP contribution is 2.18. The molecule has 1 heterocycles. The Hall–Kier alpha value is -1.10. The molecule has 1 unspecified atom stereocenters. The van der Waals surface area contributed by atoms with Gasteiger partial charge in [0.2, 0.25) is 11.8 Å². The third-order valence-corrected chi connectivity index (χ3v) is 3.27. The number of aliphatic hydroxyl groups excluding tert-OH is 1. The number of carbonyl (C=O) groups is 2. The third kappa shape index (κ3) is 3.45. The molecule has 18 heavy (non-hydrogen) atoms. The molecule has 5 heteroatoms. The van der Waals surface area contributed by atoms with Crippen LogP contribution in [0.4, 0.5) is 0 Å². The van der Waals surface area contributed by atoms with Gasteiger partial charge in [0.25, 0.3) is 0 Å². The van der Waals surface area contributed by atoms with Crippen LogP contribution < -0.4 is 5.32 Å². The summed E-state index contributed by atoms with van der Waals surface area (Å²) in [6, 6.07) is -0.629. The van der Waals surface area contributed by atoms with Crippen LogP contribution in [-0.4, -0.2) is 47.1 Å². The van der Waals surface area contributed by atoms with Crippen LogP contribution >= 0.6 is 0 Å². The smallest absolute Gasteiger partial charge is 0.245 e. The van der Waals surface area contributed by atoms with Crippen LogP contribution in [-0.2, 0) is 9.59 Å². The first-order chi connectivity index (χ1) is 8.27. The topological polar surface area (TPSA) is 69.6 Å². The number of likely N-dealkylation sites (tertiary alicyclic amines) is 1. The first-order valence-corrected chi connectivity index (χ1v) is 6.49. The minimum absolute atomic E-state index is 0.00826. The van der Waals surface area contributed by atoms with E-state index in [9.17, 15) is 14.7 Å². The van der Waals surface area contributed by atoms with Gasteiger partial charge in [-0.05, 0) is 19.8 Å². The number of hydrogen-bond acceptors (Lipinski definition) is 3. The fourth-order valence-corrected chi connectivity index (χ4v) is 2.04. The van der Waals surface area contributed by atoms with Gasteiger partial charge in [0.05, 0.1) is 12.6 Å². The molecule has 5 nitrogen and oxygen atoms in total. The Balaban J connectivity index is 2.59. The summed E-state index contributed by atoms with van der Waals surface area (Å²) < 4.78 is 0. The van der Waals surface area contributed by atoms with Gasteiger partial charge in [0, 0.05) is 12.0 Å². The van der Waals surface area contributed by atoms with Crippen molar-refractivity contribution >= 4 is 11.8 Å². The van der Waals surface area contributed by atoms with Crippen molar-refractivity contribution in [3.05, 3.63) is 0 Å². The van der Waals surface area contributed by atoms with Gasteiger partial charge in [-0.1, -0.05) is 20.8 Å². The number of amides is 2. The van der Waals surface area contributed by atoms with Crippen LogP contribution in [0.5, 0.6) is 0 Å². The lowest BCUT2D eigenvalue weighted by atomic mass is 9.95. The molecule has 0 radical (unpaired) electrons. The minimum atomic E-state index is -0.538. The van der Waals surface area contributed by atoms with E-state index < -0.39 is 11.5 Å². The van der Waals surface area contributed by atoms with Crippen molar-refractivity contribution in [2.24, 2.45) is 5.41 Å². The van der Waals surface area contributed by atoms with Gasteiger partial charge in [-0.3, -0.25) is 9.59 Å². The van der Waals surface area contributed by atoms with Gasteiger partial charge < -0.3 is 15.3 Å². The van der Waals surface area contributed by atoms with Crippen LogP contribution in [0.2, 0.25) is 0 Å². The maximum absolute atomic E-state index is 12.2. The molecule has 0 aliphatic carbocycles. The van der Waals surface area contributed by atoms with Crippen molar-refractivity contribution in [1.29, 1.82) is 0 Å². The zero-order valence-electron chi connectivity index (χ0n) is 11.7. The van der Waals surface area contributed by atoms with Crippen LogP contribution in [0.3, 0.4) is 0 Å².